The van der Waals surface area contributed by atoms with Crippen LogP contribution in [0.4, 0.5) is 0 Å². The molecular weight excluding hydrogens is 256 g/mol. The Bertz CT molecular complexity index is 406. The van der Waals surface area contributed by atoms with Gasteiger partial charge in [0.2, 0.25) is 0 Å². The summed E-state index contributed by atoms with van der Waals surface area (Å²) < 4.78 is 10.6. The van der Waals surface area contributed by atoms with E-state index in [1.54, 1.807) is 19.1 Å². The molecule has 18 heavy (non-hydrogen) atoms. The van der Waals surface area contributed by atoms with Crippen molar-refractivity contribution in [3.05, 3.63) is 28.8 Å². The van der Waals surface area contributed by atoms with E-state index in [0.717, 1.165) is 5.56 Å². The number of aryl methyl sites for hydroxylation is 1. The van der Waals surface area contributed by atoms with Gasteiger partial charge in [0.25, 0.3) is 0 Å². The molecule has 0 radical (unpaired) electrons. The number of carboxylic acids is 1. The summed E-state index contributed by atoms with van der Waals surface area (Å²) in [6.07, 6.45) is -0.524. The SMILES string of the molecule is CCOC(CCOc1cc(Cl)ccc1C)C(=O)O. The predicted molar refractivity (Wildman–Crippen MR) is 69.4 cm³/mol. The third-order valence-corrected chi connectivity index (χ3v) is 2.67. The predicted octanol–water partition coefficient (Wildman–Crippen LogP) is 2.91. The second-order valence-electron chi connectivity index (χ2n) is 3.83. The van der Waals surface area contributed by atoms with Crippen molar-refractivity contribution in [2.75, 3.05) is 13.2 Å². The van der Waals surface area contributed by atoms with Gasteiger partial charge < -0.3 is 14.6 Å². The van der Waals surface area contributed by atoms with Crippen molar-refractivity contribution in [2.24, 2.45) is 0 Å². The quantitative estimate of drug-likeness (QED) is 0.829. The number of halogens is 1. The minimum Gasteiger partial charge on any atom is -0.493 e. The molecule has 1 unspecified atom stereocenters. The first-order valence-corrected chi connectivity index (χ1v) is 6.15. The largest absolute Gasteiger partial charge is 0.493 e. The molecule has 1 N–H and O–H groups in total. The van der Waals surface area contributed by atoms with Gasteiger partial charge in [-0.15, -0.1) is 0 Å². The van der Waals surface area contributed by atoms with E-state index >= 15 is 0 Å². The summed E-state index contributed by atoms with van der Waals surface area (Å²) in [5.41, 5.74) is 0.961. The topological polar surface area (TPSA) is 55.8 Å². The van der Waals surface area contributed by atoms with Gasteiger partial charge in [-0.3, -0.25) is 0 Å². The highest BCUT2D eigenvalue weighted by Crippen LogP contribution is 2.22. The van der Waals surface area contributed by atoms with E-state index in [9.17, 15) is 4.79 Å². The fourth-order valence-electron chi connectivity index (χ4n) is 1.48. The highest BCUT2D eigenvalue weighted by Gasteiger charge is 2.17. The van der Waals surface area contributed by atoms with Crippen LogP contribution in [0.3, 0.4) is 0 Å². The monoisotopic (exact) mass is 272 g/mol. The summed E-state index contributed by atoms with van der Waals surface area (Å²) in [7, 11) is 0. The molecule has 0 bridgehead atoms. The molecule has 5 heteroatoms. The lowest BCUT2D eigenvalue weighted by atomic mass is 10.2. The maximum atomic E-state index is 10.9. The zero-order valence-corrected chi connectivity index (χ0v) is 11.2. The first-order valence-electron chi connectivity index (χ1n) is 5.78. The van der Waals surface area contributed by atoms with E-state index < -0.39 is 12.1 Å². The van der Waals surface area contributed by atoms with E-state index in [1.807, 2.05) is 13.0 Å². The lowest BCUT2D eigenvalue weighted by molar-refractivity contribution is -0.150. The van der Waals surface area contributed by atoms with Gasteiger partial charge in [-0.25, -0.2) is 4.79 Å². The molecule has 0 saturated heterocycles. The molecule has 0 aromatic heterocycles. The normalized spacial score (nSPS) is 12.2. The molecule has 0 aliphatic rings. The van der Waals surface area contributed by atoms with Gasteiger partial charge in [0.05, 0.1) is 6.61 Å². The van der Waals surface area contributed by atoms with Gasteiger partial charge in [-0.2, -0.15) is 0 Å². The maximum Gasteiger partial charge on any atom is 0.332 e. The fraction of sp³-hybridized carbons (Fsp3) is 0.462. The van der Waals surface area contributed by atoms with Crippen LogP contribution in [-0.2, 0) is 9.53 Å². The molecule has 1 aromatic rings. The molecule has 1 atom stereocenters. The Kier molecular flexibility index (Phi) is 5.95. The van der Waals surface area contributed by atoms with Crippen molar-refractivity contribution >= 4 is 17.6 Å². The van der Waals surface area contributed by atoms with Crippen LogP contribution in [0.15, 0.2) is 18.2 Å². The number of hydrogen-bond donors (Lipinski definition) is 1. The molecule has 0 saturated carbocycles. The smallest absolute Gasteiger partial charge is 0.332 e. The lowest BCUT2D eigenvalue weighted by Gasteiger charge is -2.14. The van der Waals surface area contributed by atoms with E-state index in [-0.39, 0.29) is 6.61 Å². The van der Waals surface area contributed by atoms with Gasteiger partial charge >= 0.3 is 5.97 Å². The van der Waals surface area contributed by atoms with Crippen molar-refractivity contribution in [2.45, 2.75) is 26.4 Å². The molecular formula is C13H17ClO4. The third-order valence-electron chi connectivity index (χ3n) is 2.43. The minimum atomic E-state index is -0.969. The number of aliphatic carboxylic acids is 1. The average molecular weight is 273 g/mol. The van der Waals surface area contributed by atoms with Gasteiger partial charge in [0.1, 0.15) is 5.75 Å². The molecule has 0 spiro atoms. The first kappa shape index (κ1) is 14.8. The third kappa shape index (κ3) is 4.55. The van der Waals surface area contributed by atoms with Crippen LogP contribution in [0.1, 0.15) is 18.9 Å². The number of benzene rings is 1. The molecule has 1 rings (SSSR count). The molecule has 0 aliphatic heterocycles. The highest BCUT2D eigenvalue weighted by molar-refractivity contribution is 6.30. The Morgan fingerprint density at radius 1 is 1.50 bits per heavy atom. The molecule has 0 fully saturated rings. The second-order valence-corrected chi connectivity index (χ2v) is 4.27. The van der Waals surface area contributed by atoms with E-state index in [1.165, 1.54) is 0 Å². The summed E-state index contributed by atoms with van der Waals surface area (Å²) in [6, 6.07) is 5.35. The Balaban J connectivity index is 2.49. The van der Waals surface area contributed by atoms with Crippen molar-refractivity contribution < 1.29 is 19.4 Å². The zero-order chi connectivity index (χ0) is 13.5. The molecule has 100 valence electrons. The average Bonchev–Trinajstić information content (AvgIpc) is 2.32. The van der Waals surface area contributed by atoms with E-state index in [4.69, 9.17) is 26.2 Å². The maximum absolute atomic E-state index is 10.9. The Hall–Kier alpha value is -1.26. The molecule has 1 aromatic carbocycles. The Morgan fingerprint density at radius 2 is 2.22 bits per heavy atom. The van der Waals surface area contributed by atoms with Crippen molar-refractivity contribution in [1.82, 2.24) is 0 Å². The molecule has 0 heterocycles. The van der Waals surface area contributed by atoms with Crippen LogP contribution < -0.4 is 4.74 Å². The van der Waals surface area contributed by atoms with E-state index in [2.05, 4.69) is 0 Å². The molecule has 0 amide bonds. The van der Waals surface area contributed by atoms with Crippen molar-refractivity contribution in [1.29, 1.82) is 0 Å². The molecule has 4 nitrogen and oxygen atoms in total. The standard InChI is InChI=1S/C13H17ClO4/c1-3-17-11(13(15)16)6-7-18-12-8-10(14)5-4-9(12)2/h4-5,8,11H,3,6-7H2,1-2H3,(H,15,16). The van der Waals surface area contributed by atoms with Crippen LogP contribution >= 0.6 is 11.6 Å². The van der Waals surface area contributed by atoms with Gasteiger partial charge in [-0.1, -0.05) is 17.7 Å². The van der Waals surface area contributed by atoms with Crippen LogP contribution in [0, 0.1) is 6.92 Å². The van der Waals surface area contributed by atoms with Gasteiger partial charge in [-0.05, 0) is 31.5 Å². The summed E-state index contributed by atoms with van der Waals surface area (Å²) in [6.45, 7) is 4.31. The van der Waals surface area contributed by atoms with Crippen LogP contribution in [-0.4, -0.2) is 30.4 Å². The second kappa shape index (κ2) is 7.24. The van der Waals surface area contributed by atoms with Crippen LogP contribution in [0.5, 0.6) is 5.75 Å². The number of carboxylic acid groups (broad SMARTS) is 1. The Labute approximate surface area is 111 Å². The number of rotatable bonds is 7. The van der Waals surface area contributed by atoms with Crippen molar-refractivity contribution in [3.8, 4) is 5.75 Å². The lowest BCUT2D eigenvalue weighted by Crippen LogP contribution is -2.26. The zero-order valence-electron chi connectivity index (χ0n) is 10.5. The summed E-state index contributed by atoms with van der Waals surface area (Å²) in [5, 5.41) is 9.49. The fourth-order valence-corrected chi connectivity index (χ4v) is 1.65. The van der Waals surface area contributed by atoms with Gasteiger partial charge in [0, 0.05) is 18.1 Å². The summed E-state index contributed by atoms with van der Waals surface area (Å²) >= 11 is 5.86. The Morgan fingerprint density at radius 3 is 2.83 bits per heavy atom. The number of carbonyl (C=O) groups is 1. The summed E-state index contributed by atoms with van der Waals surface area (Å²) in [5.74, 6) is -0.300. The highest BCUT2D eigenvalue weighted by atomic mass is 35.5. The van der Waals surface area contributed by atoms with Crippen molar-refractivity contribution in [3.63, 3.8) is 0 Å². The number of ether oxygens (including phenoxy) is 2. The summed E-state index contributed by atoms with van der Waals surface area (Å²) in [4.78, 5) is 10.9. The van der Waals surface area contributed by atoms with E-state index in [0.29, 0.717) is 23.8 Å². The minimum absolute atomic E-state index is 0.276. The van der Waals surface area contributed by atoms with Gasteiger partial charge in [0.15, 0.2) is 6.10 Å². The first-order chi connectivity index (χ1) is 8.54. The van der Waals surface area contributed by atoms with Crippen LogP contribution in [0.25, 0.3) is 0 Å². The molecule has 0 aliphatic carbocycles. The van der Waals surface area contributed by atoms with Crippen LogP contribution in [0.2, 0.25) is 5.02 Å². The number of hydrogen-bond acceptors (Lipinski definition) is 3.